The number of amides is 1. The van der Waals surface area contributed by atoms with E-state index in [1.165, 1.54) is 44.4 Å². The van der Waals surface area contributed by atoms with Gasteiger partial charge in [0.05, 0.1) is 32.9 Å². The molecule has 1 amide bonds. The number of carbonyl (C=O) groups excluding carboxylic acids is 2. The van der Waals surface area contributed by atoms with Crippen molar-refractivity contribution < 1.29 is 33.3 Å². The van der Waals surface area contributed by atoms with Gasteiger partial charge in [-0.2, -0.15) is 0 Å². The van der Waals surface area contributed by atoms with E-state index in [4.69, 9.17) is 14.2 Å². The van der Waals surface area contributed by atoms with Crippen molar-refractivity contribution in [1.29, 1.82) is 0 Å². The number of carbonyl (C=O) groups is 2. The summed E-state index contributed by atoms with van der Waals surface area (Å²) in [6, 6.07) is 13.3. The molecule has 4 rings (SSSR count). The molecule has 8 heteroatoms. The summed E-state index contributed by atoms with van der Waals surface area (Å²) in [7, 11) is 4.38. The van der Waals surface area contributed by atoms with Crippen LogP contribution < -0.4 is 19.1 Å². The van der Waals surface area contributed by atoms with E-state index in [2.05, 4.69) is 0 Å². The number of anilines is 1. The van der Waals surface area contributed by atoms with Gasteiger partial charge in [-0.15, -0.1) is 0 Å². The highest BCUT2D eigenvalue weighted by Gasteiger charge is 2.47. The lowest BCUT2D eigenvalue weighted by atomic mass is 9.94. The molecule has 0 bridgehead atoms. The average molecular weight is 492 g/mol. The van der Waals surface area contributed by atoms with Crippen molar-refractivity contribution in [1.82, 2.24) is 0 Å². The maximum Gasteiger partial charge on any atom is 0.300 e. The van der Waals surface area contributed by atoms with Gasteiger partial charge in [-0.3, -0.25) is 14.5 Å². The highest BCUT2D eigenvalue weighted by Crippen LogP contribution is 2.47. The van der Waals surface area contributed by atoms with Crippen LogP contribution in [0.5, 0.6) is 17.2 Å². The number of aliphatic hydroxyl groups excluding tert-OH is 1. The Bertz CT molecular complexity index is 1350. The van der Waals surface area contributed by atoms with E-state index < -0.39 is 29.3 Å². The fourth-order valence-corrected chi connectivity index (χ4v) is 4.33. The molecule has 3 aromatic carbocycles. The monoisotopic (exact) mass is 491 g/mol. The molecule has 1 aliphatic rings. The molecular formula is C28H26FNO6. The Morgan fingerprint density at radius 2 is 1.50 bits per heavy atom. The van der Waals surface area contributed by atoms with Crippen LogP contribution in [0.25, 0.3) is 5.76 Å². The van der Waals surface area contributed by atoms with Gasteiger partial charge in [0, 0.05) is 11.3 Å². The number of methoxy groups -OCH3 is 3. The van der Waals surface area contributed by atoms with E-state index in [1.807, 2.05) is 19.1 Å². The number of Topliss-reactive ketones (excluding diaryl/α,β-unsaturated/α-hetero) is 1. The number of aliphatic hydroxyl groups is 1. The second kappa shape index (κ2) is 9.73. The number of aryl methyl sites for hydroxylation is 2. The van der Waals surface area contributed by atoms with Crippen molar-refractivity contribution >= 4 is 23.1 Å². The Kier molecular flexibility index (Phi) is 6.70. The van der Waals surface area contributed by atoms with E-state index in [-0.39, 0.29) is 16.7 Å². The summed E-state index contributed by atoms with van der Waals surface area (Å²) in [4.78, 5) is 28.0. The first kappa shape index (κ1) is 24.8. The molecule has 7 nitrogen and oxygen atoms in total. The average Bonchev–Trinajstić information content (AvgIpc) is 3.15. The molecule has 1 aliphatic heterocycles. The lowest BCUT2D eigenvalue weighted by Gasteiger charge is -2.26. The lowest BCUT2D eigenvalue weighted by Crippen LogP contribution is -2.29. The number of benzene rings is 3. The minimum Gasteiger partial charge on any atom is -0.507 e. The Labute approximate surface area is 208 Å². The predicted octanol–water partition coefficient (Wildman–Crippen LogP) is 5.09. The van der Waals surface area contributed by atoms with E-state index in [9.17, 15) is 19.1 Å². The van der Waals surface area contributed by atoms with Gasteiger partial charge in [0.2, 0.25) is 5.75 Å². The molecule has 1 saturated heterocycles. The quantitative estimate of drug-likeness (QED) is 0.294. The van der Waals surface area contributed by atoms with E-state index in [0.717, 1.165) is 5.56 Å². The molecule has 0 radical (unpaired) electrons. The van der Waals surface area contributed by atoms with Crippen LogP contribution >= 0.6 is 0 Å². The van der Waals surface area contributed by atoms with Crippen LogP contribution in [0.15, 0.2) is 60.2 Å². The van der Waals surface area contributed by atoms with Crippen LogP contribution in [-0.2, 0) is 9.59 Å². The van der Waals surface area contributed by atoms with Gasteiger partial charge >= 0.3 is 0 Å². The van der Waals surface area contributed by atoms with Crippen LogP contribution in [0.3, 0.4) is 0 Å². The second-order valence-electron chi connectivity index (χ2n) is 8.43. The van der Waals surface area contributed by atoms with Crippen molar-refractivity contribution in [3.05, 3.63) is 88.2 Å². The molecule has 0 aliphatic carbocycles. The van der Waals surface area contributed by atoms with Gasteiger partial charge in [-0.05, 0) is 67.4 Å². The molecule has 1 heterocycles. The molecule has 1 fully saturated rings. The SMILES string of the molecule is COc1cc(C2/C(=C(\O)c3ccc(F)c(C)c3)C(=O)C(=O)N2c2ccc(C)cc2)cc(OC)c1OC. The second-order valence-corrected chi connectivity index (χ2v) is 8.43. The number of rotatable bonds is 6. The molecule has 1 unspecified atom stereocenters. The topological polar surface area (TPSA) is 85.3 Å². The Morgan fingerprint density at radius 3 is 2.03 bits per heavy atom. The summed E-state index contributed by atoms with van der Waals surface area (Å²) >= 11 is 0. The largest absolute Gasteiger partial charge is 0.507 e. The summed E-state index contributed by atoms with van der Waals surface area (Å²) in [5.41, 5.74) is 2.26. The molecule has 0 aromatic heterocycles. The van der Waals surface area contributed by atoms with Crippen LogP contribution in [-0.4, -0.2) is 38.1 Å². The minimum absolute atomic E-state index is 0.138. The van der Waals surface area contributed by atoms with Gasteiger partial charge < -0.3 is 19.3 Å². The Hall–Kier alpha value is -4.33. The van der Waals surface area contributed by atoms with E-state index >= 15 is 0 Å². The van der Waals surface area contributed by atoms with Crippen LogP contribution in [0.4, 0.5) is 10.1 Å². The van der Waals surface area contributed by atoms with E-state index in [0.29, 0.717) is 28.5 Å². The van der Waals surface area contributed by atoms with Crippen LogP contribution in [0.1, 0.15) is 28.3 Å². The maximum atomic E-state index is 13.9. The normalized spacial score (nSPS) is 16.8. The number of nitrogens with zero attached hydrogens (tertiary/aromatic N) is 1. The van der Waals surface area contributed by atoms with Gasteiger partial charge in [0.1, 0.15) is 11.6 Å². The first-order valence-electron chi connectivity index (χ1n) is 11.2. The predicted molar refractivity (Wildman–Crippen MR) is 133 cm³/mol. The summed E-state index contributed by atoms with van der Waals surface area (Å²) < 4.78 is 30.3. The summed E-state index contributed by atoms with van der Waals surface area (Å²) in [5, 5.41) is 11.3. The third-order valence-corrected chi connectivity index (χ3v) is 6.19. The standard InChI is InChI=1S/C28H26FNO6/c1-15-6-9-19(10-7-15)30-24(18-13-21(34-3)27(36-5)22(14-18)35-4)23(26(32)28(30)33)25(31)17-8-11-20(29)16(2)12-17/h6-14,24,31H,1-5H3/b25-23+. The molecule has 3 aromatic rings. The third kappa shape index (κ3) is 4.15. The van der Waals surface area contributed by atoms with Crippen LogP contribution in [0, 0.1) is 19.7 Å². The van der Waals surface area contributed by atoms with Gasteiger partial charge in [0.25, 0.3) is 11.7 Å². The summed E-state index contributed by atoms with van der Waals surface area (Å²) in [6.07, 6.45) is 0. The minimum atomic E-state index is -1.02. The van der Waals surface area contributed by atoms with Crippen molar-refractivity contribution in [2.75, 3.05) is 26.2 Å². The van der Waals surface area contributed by atoms with Crippen molar-refractivity contribution in [3.63, 3.8) is 0 Å². The zero-order valence-electron chi connectivity index (χ0n) is 20.6. The summed E-state index contributed by atoms with van der Waals surface area (Å²) in [6.45, 7) is 3.46. The molecular weight excluding hydrogens is 465 g/mol. The molecule has 1 atom stereocenters. The number of halogens is 1. The third-order valence-electron chi connectivity index (χ3n) is 6.19. The first-order valence-corrected chi connectivity index (χ1v) is 11.2. The first-order chi connectivity index (χ1) is 17.2. The molecule has 0 spiro atoms. The number of ether oxygens (including phenoxy) is 3. The smallest absolute Gasteiger partial charge is 0.300 e. The highest BCUT2D eigenvalue weighted by molar-refractivity contribution is 6.51. The van der Waals surface area contributed by atoms with Crippen molar-refractivity contribution in [2.24, 2.45) is 0 Å². The lowest BCUT2D eigenvalue weighted by molar-refractivity contribution is -0.132. The number of hydrogen-bond donors (Lipinski definition) is 1. The maximum absolute atomic E-state index is 13.9. The molecule has 186 valence electrons. The van der Waals surface area contributed by atoms with Crippen molar-refractivity contribution in [3.8, 4) is 17.2 Å². The number of hydrogen-bond acceptors (Lipinski definition) is 6. The van der Waals surface area contributed by atoms with Crippen LogP contribution in [0.2, 0.25) is 0 Å². The van der Waals surface area contributed by atoms with Gasteiger partial charge in [0.15, 0.2) is 11.5 Å². The fraction of sp³-hybridized carbons (Fsp3) is 0.214. The molecule has 0 saturated carbocycles. The zero-order valence-corrected chi connectivity index (χ0v) is 20.6. The van der Waals surface area contributed by atoms with E-state index in [1.54, 1.807) is 31.2 Å². The highest BCUT2D eigenvalue weighted by atomic mass is 19.1. The van der Waals surface area contributed by atoms with Gasteiger partial charge in [-0.25, -0.2) is 4.39 Å². The van der Waals surface area contributed by atoms with Crippen molar-refractivity contribution in [2.45, 2.75) is 19.9 Å². The Balaban J connectivity index is 2.02. The van der Waals surface area contributed by atoms with Gasteiger partial charge in [-0.1, -0.05) is 17.7 Å². The fourth-order valence-electron chi connectivity index (χ4n) is 4.33. The number of ketones is 1. The molecule has 36 heavy (non-hydrogen) atoms. The zero-order chi connectivity index (χ0) is 26.1. The molecule has 1 N–H and O–H groups in total. The summed E-state index contributed by atoms with van der Waals surface area (Å²) in [5.74, 6) is -1.56. The Morgan fingerprint density at radius 1 is 0.889 bits per heavy atom.